The molecule has 0 aliphatic carbocycles. The number of carbonyl (C=O) groups is 3. The molecule has 0 fully saturated rings. The Bertz CT molecular complexity index is 563. The molecule has 0 radical (unpaired) electrons. The summed E-state index contributed by atoms with van der Waals surface area (Å²) in [4.78, 5) is 39.0. The molecule has 0 saturated heterocycles. The normalized spacial score (nSPS) is 9.95. The Balaban J connectivity index is 2.92. The quantitative estimate of drug-likeness (QED) is 0.623. The molecule has 1 aromatic carbocycles. The highest BCUT2D eigenvalue weighted by Gasteiger charge is 2.19. The van der Waals surface area contributed by atoms with Gasteiger partial charge in [0.1, 0.15) is 0 Å². The fourth-order valence-corrected chi connectivity index (χ4v) is 2.72. The number of benzene rings is 1. The monoisotopic (exact) mass is 407 g/mol. The van der Waals surface area contributed by atoms with E-state index in [2.05, 4.69) is 42.7 Å². The van der Waals surface area contributed by atoms with Gasteiger partial charge in [0.05, 0.1) is 11.1 Å². The van der Waals surface area contributed by atoms with Gasteiger partial charge in [-0.2, -0.15) is 0 Å². The SMILES string of the molecule is CNC(=O)CONC(=O)c1cc(Br)cc(Br)c1C(N)=O. The van der Waals surface area contributed by atoms with Crippen molar-refractivity contribution in [3.63, 3.8) is 0 Å². The highest BCUT2D eigenvalue weighted by Crippen LogP contribution is 2.25. The Morgan fingerprint density at radius 2 is 1.95 bits per heavy atom. The van der Waals surface area contributed by atoms with Crippen LogP contribution in [0.15, 0.2) is 21.1 Å². The summed E-state index contributed by atoms with van der Waals surface area (Å²) in [5.41, 5.74) is 7.34. The van der Waals surface area contributed by atoms with Crippen LogP contribution in [0.5, 0.6) is 0 Å². The third-order valence-electron chi connectivity index (χ3n) is 2.19. The van der Waals surface area contributed by atoms with Crippen LogP contribution in [0.2, 0.25) is 0 Å². The molecule has 0 bridgehead atoms. The lowest BCUT2D eigenvalue weighted by Gasteiger charge is -2.10. The second-order valence-electron chi connectivity index (χ2n) is 3.57. The maximum atomic E-state index is 11.9. The molecule has 0 unspecified atom stereocenters. The third-order valence-corrected chi connectivity index (χ3v) is 3.28. The van der Waals surface area contributed by atoms with Crippen LogP contribution < -0.4 is 16.5 Å². The first-order valence-corrected chi connectivity index (χ1v) is 6.87. The number of primary amides is 1. The van der Waals surface area contributed by atoms with Crippen LogP contribution in [-0.4, -0.2) is 31.4 Å². The van der Waals surface area contributed by atoms with Gasteiger partial charge in [0.25, 0.3) is 11.8 Å². The Kier molecular flexibility index (Phi) is 6.11. The van der Waals surface area contributed by atoms with Gasteiger partial charge in [0.15, 0.2) is 6.61 Å². The molecule has 4 N–H and O–H groups in total. The summed E-state index contributed by atoms with van der Waals surface area (Å²) in [7, 11) is 1.43. The molecule has 7 nitrogen and oxygen atoms in total. The van der Waals surface area contributed by atoms with Crippen molar-refractivity contribution in [1.29, 1.82) is 0 Å². The van der Waals surface area contributed by atoms with Gasteiger partial charge >= 0.3 is 0 Å². The average Bonchev–Trinajstić information content (AvgIpc) is 2.36. The lowest BCUT2D eigenvalue weighted by Crippen LogP contribution is -2.32. The van der Waals surface area contributed by atoms with E-state index in [9.17, 15) is 14.4 Å². The zero-order valence-electron chi connectivity index (χ0n) is 10.3. The largest absolute Gasteiger partial charge is 0.366 e. The molecule has 3 amide bonds. The number of halogens is 2. The van der Waals surface area contributed by atoms with Crippen molar-refractivity contribution in [2.24, 2.45) is 5.73 Å². The second-order valence-corrected chi connectivity index (χ2v) is 5.34. The number of likely N-dealkylation sites (N-methyl/N-ethyl adjacent to an activating group) is 1. The summed E-state index contributed by atoms with van der Waals surface area (Å²) in [6, 6.07) is 3.01. The molecule has 1 rings (SSSR count). The first kappa shape index (κ1) is 16.6. The maximum absolute atomic E-state index is 11.9. The van der Waals surface area contributed by atoms with Crippen molar-refractivity contribution in [3.8, 4) is 0 Å². The van der Waals surface area contributed by atoms with E-state index in [4.69, 9.17) is 10.6 Å². The topological polar surface area (TPSA) is 111 Å². The van der Waals surface area contributed by atoms with Crippen LogP contribution >= 0.6 is 31.9 Å². The molecule has 0 spiro atoms. The summed E-state index contributed by atoms with van der Waals surface area (Å²) in [5.74, 6) is -1.86. The van der Waals surface area contributed by atoms with E-state index in [1.54, 1.807) is 6.07 Å². The molecule has 0 heterocycles. The molecule has 0 atom stereocenters. The van der Waals surface area contributed by atoms with E-state index in [0.717, 1.165) is 0 Å². The first-order chi connectivity index (χ1) is 9.36. The van der Waals surface area contributed by atoms with E-state index in [1.165, 1.54) is 13.1 Å². The standard InChI is InChI=1S/C11H11Br2N3O4/c1-15-8(17)4-20-16-11(19)6-2-5(12)3-7(13)9(6)10(14)18/h2-3H,4H2,1H3,(H2,14,18)(H,15,17)(H,16,19). The highest BCUT2D eigenvalue weighted by molar-refractivity contribution is 9.11. The van der Waals surface area contributed by atoms with Crippen molar-refractivity contribution in [1.82, 2.24) is 10.8 Å². The number of hydrogen-bond donors (Lipinski definition) is 3. The van der Waals surface area contributed by atoms with Crippen molar-refractivity contribution < 1.29 is 19.2 Å². The van der Waals surface area contributed by atoms with Gasteiger partial charge in [-0.15, -0.1) is 0 Å². The number of amides is 3. The fraction of sp³-hybridized carbons (Fsp3) is 0.182. The zero-order chi connectivity index (χ0) is 15.3. The van der Waals surface area contributed by atoms with Crippen LogP contribution in [0, 0.1) is 0 Å². The summed E-state index contributed by atoms with van der Waals surface area (Å²) in [6.45, 7) is -0.344. The van der Waals surface area contributed by atoms with Gasteiger partial charge in [-0.25, -0.2) is 5.48 Å². The summed E-state index contributed by atoms with van der Waals surface area (Å²) in [6.07, 6.45) is 0. The third kappa shape index (κ3) is 4.29. The number of hydrogen-bond acceptors (Lipinski definition) is 4. The molecule has 1 aromatic rings. The lowest BCUT2D eigenvalue weighted by molar-refractivity contribution is -0.126. The Morgan fingerprint density at radius 1 is 1.30 bits per heavy atom. The van der Waals surface area contributed by atoms with Gasteiger partial charge in [-0.05, 0) is 28.1 Å². The minimum atomic E-state index is -0.763. The summed E-state index contributed by atoms with van der Waals surface area (Å²) >= 11 is 6.35. The van der Waals surface area contributed by atoms with E-state index in [-0.39, 0.29) is 17.7 Å². The number of carbonyl (C=O) groups excluding carboxylic acids is 3. The molecule has 0 saturated carbocycles. The van der Waals surface area contributed by atoms with Gasteiger partial charge in [0.2, 0.25) is 5.91 Å². The van der Waals surface area contributed by atoms with Crippen LogP contribution in [-0.2, 0) is 9.63 Å². The smallest absolute Gasteiger partial charge is 0.275 e. The number of nitrogens with two attached hydrogens (primary N) is 1. The summed E-state index contributed by atoms with van der Waals surface area (Å²) in [5, 5.41) is 2.32. The summed E-state index contributed by atoms with van der Waals surface area (Å²) < 4.78 is 0.946. The van der Waals surface area contributed by atoms with Crippen LogP contribution in [0.25, 0.3) is 0 Å². The maximum Gasteiger partial charge on any atom is 0.275 e. The second kappa shape index (κ2) is 7.36. The van der Waals surface area contributed by atoms with Crippen LogP contribution in [0.1, 0.15) is 20.7 Å². The molecule has 0 aliphatic rings. The molecule has 0 aromatic heterocycles. The number of rotatable bonds is 5. The Hall–Kier alpha value is -1.45. The van der Waals surface area contributed by atoms with Gasteiger partial charge in [0, 0.05) is 16.0 Å². The molecular weight excluding hydrogens is 398 g/mol. The van der Waals surface area contributed by atoms with Crippen molar-refractivity contribution in [2.45, 2.75) is 0 Å². The minimum Gasteiger partial charge on any atom is -0.366 e. The number of hydroxylamine groups is 1. The molecule has 0 aliphatic heterocycles. The fourth-order valence-electron chi connectivity index (χ4n) is 1.30. The van der Waals surface area contributed by atoms with Crippen molar-refractivity contribution in [3.05, 3.63) is 32.2 Å². The molecule has 20 heavy (non-hydrogen) atoms. The Labute approximate surface area is 131 Å². The van der Waals surface area contributed by atoms with Gasteiger partial charge < -0.3 is 11.1 Å². The van der Waals surface area contributed by atoms with Gasteiger partial charge in [-0.3, -0.25) is 19.2 Å². The van der Waals surface area contributed by atoms with E-state index >= 15 is 0 Å². The average molecular weight is 409 g/mol. The minimum absolute atomic E-state index is 0.0224. The highest BCUT2D eigenvalue weighted by atomic mass is 79.9. The van der Waals surface area contributed by atoms with Gasteiger partial charge in [-0.1, -0.05) is 15.9 Å². The lowest BCUT2D eigenvalue weighted by atomic mass is 10.1. The number of nitrogens with one attached hydrogen (secondary N) is 2. The van der Waals surface area contributed by atoms with E-state index < -0.39 is 17.7 Å². The Morgan fingerprint density at radius 3 is 2.50 bits per heavy atom. The molecular formula is C11H11Br2N3O4. The van der Waals surface area contributed by atoms with E-state index in [1.807, 2.05) is 0 Å². The molecule has 9 heteroatoms. The first-order valence-electron chi connectivity index (χ1n) is 5.28. The van der Waals surface area contributed by atoms with Crippen molar-refractivity contribution >= 4 is 49.6 Å². The van der Waals surface area contributed by atoms with E-state index in [0.29, 0.717) is 8.95 Å². The van der Waals surface area contributed by atoms with Crippen LogP contribution in [0.4, 0.5) is 0 Å². The predicted molar refractivity (Wildman–Crippen MR) is 77.8 cm³/mol. The zero-order valence-corrected chi connectivity index (χ0v) is 13.5. The van der Waals surface area contributed by atoms with Crippen LogP contribution in [0.3, 0.4) is 0 Å². The predicted octanol–water partition coefficient (Wildman–Crippen LogP) is 0.718. The van der Waals surface area contributed by atoms with Crippen molar-refractivity contribution in [2.75, 3.05) is 13.7 Å². The molecule has 108 valence electrons.